The Morgan fingerprint density at radius 1 is 1.14 bits per heavy atom. The predicted molar refractivity (Wildman–Crippen MR) is 145 cm³/mol. The van der Waals surface area contributed by atoms with Crippen LogP contribution in [-0.2, 0) is 17.9 Å². The average Bonchev–Trinajstić information content (AvgIpc) is 3.57. The van der Waals surface area contributed by atoms with Gasteiger partial charge in [0, 0.05) is 37.4 Å². The first-order valence-corrected chi connectivity index (χ1v) is 12.9. The van der Waals surface area contributed by atoms with E-state index in [1.807, 2.05) is 24.3 Å². The molecule has 0 bridgehead atoms. The summed E-state index contributed by atoms with van der Waals surface area (Å²) >= 11 is 0. The zero-order chi connectivity index (χ0) is 30.0. The molecule has 0 saturated carbocycles. The van der Waals surface area contributed by atoms with Gasteiger partial charge in [0.05, 0.1) is 19.0 Å². The second-order valence-electron chi connectivity index (χ2n) is 9.76. The van der Waals surface area contributed by atoms with Crippen LogP contribution in [-0.4, -0.2) is 69.2 Å². The van der Waals surface area contributed by atoms with E-state index < -0.39 is 30.5 Å². The Balaban J connectivity index is 1.51. The molecule has 4 aromatic rings. The summed E-state index contributed by atoms with van der Waals surface area (Å²) in [6, 6.07) is 12.9. The molecule has 1 saturated heterocycles. The van der Waals surface area contributed by atoms with E-state index in [2.05, 4.69) is 10.3 Å². The molecule has 0 aliphatic carbocycles. The highest BCUT2D eigenvalue weighted by atomic mass is 19.4. The number of benzene rings is 2. The lowest BCUT2D eigenvalue weighted by molar-refractivity contribution is -0.173. The molecule has 0 spiro atoms. The number of carboxylic acid groups (broad SMARTS) is 1. The molecular weight excluding hydrogens is 560 g/mol. The fourth-order valence-electron chi connectivity index (χ4n) is 4.83. The number of pyridine rings is 1. The number of halogens is 4. The molecule has 0 unspecified atom stereocenters. The van der Waals surface area contributed by atoms with Gasteiger partial charge in [-0.25, -0.2) is 18.9 Å². The number of fused-ring (bicyclic) bond motifs is 1. The molecule has 2 amide bonds. The summed E-state index contributed by atoms with van der Waals surface area (Å²) < 4.78 is 59.6. The van der Waals surface area contributed by atoms with Crippen LogP contribution >= 0.6 is 0 Å². The van der Waals surface area contributed by atoms with Crippen molar-refractivity contribution in [2.45, 2.75) is 31.7 Å². The van der Waals surface area contributed by atoms with E-state index in [1.54, 1.807) is 35.4 Å². The van der Waals surface area contributed by atoms with Crippen LogP contribution in [0.25, 0.3) is 22.2 Å². The van der Waals surface area contributed by atoms with Crippen LogP contribution in [0.5, 0.6) is 5.75 Å². The standard InChI is InChI=1S/C28H26F4N6O4/c1-42-20-6-2-16(3-7-20)14-38-25-23(24(36-38)35-19-9-11-37(15-19)27(40)41)21(8-10-33-25)17-4-5-18(22(29)12-17)13-34-26(39)28(30,31)32/h2-8,10,12,19H,9,11,13-15H2,1H3,(H,34,39)(H,35,36)(H,40,41)/t19-/m1/s1. The third kappa shape index (κ3) is 6.06. The van der Waals surface area contributed by atoms with Gasteiger partial charge < -0.3 is 25.4 Å². The minimum atomic E-state index is -5.07. The van der Waals surface area contributed by atoms with Crippen molar-refractivity contribution >= 4 is 28.9 Å². The second kappa shape index (κ2) is 11.5. The maximum atomic E-state index is 15.0. The Labute approximate surface area is 236 Å². The molecule has 14 heteroatoms. The predicted octanol–water partition coefficient (Wildman–Crippen LogP) is 4.64. The van der Waals surface area contributed by atoms with Crippen LogP contribution in [0, 0.1) is 5.82 Å². The number of likely N-dealkylation sites (tertiary alicyclic amines) is 1. The zero-order valence-electron chi connectivity index (χ0n) is 22.3. The first kappa shape index (κ1) is 28.6. The number of nitrogens with one attached hydrogen (secondary N) is 2. The van der Waals surface area contributed by atoms with E-state index >= 15 is 4.39 Å². The van der Waals surface area contributed by atoms with Crippen LogP contribution < -0.4 is 15.4 Å². The van der Waals surface area contributed by atoms with Crippen molar-refractivity contribution in [3.8, 4) is 16.9 Å². The molecule has 2 aromatic heterocycles. The molecule has 2 aromatic carbocycles. The fraction of sp³-hybridized carbons (Fsp3) is 0.286. The lowest BCUT2D eigenvalue weighted by Crippen LogP contribution is -2.36. The molecule has 1 aliphatic rings. The Morgan fingerprint density at radius 2 is 1.90 bits per heavy atom. The van der Waals surface area contributed by atoms with Crippen LogP contribution in [0.15, 0.2) is 54.7 Å². The topological polar surface area (TPSA) is 122 Å². The van der Waals surface area contributed by atoms with Gasteiger partial charge in [0.15, 0.2) is 11.5 Å². The van der Waals surface area contributed by atoms with Gasteiger partial charge in [-0.3, -0.25) is 4.79 Å². The third-order valence-corrected chi connectivity index (χ3v) is 6.98. The minimum absolute atomic E-state index is 0.116. The van der Waals surface area contributed by atoms with Crippen LogP contribution in [0.1, 0.15) is 17.5 Å². The smallest absolute Gasteiger partial charge is 0.471 e. The van der Waals surface area contributed by atoms with Crippen molar-refractivity contribution < 1.29 is 37.0 Å². The Hall–Kier alpha value is -4.88. The van der Waals surface area contributed by atoms with Crippen molar-refractivity contribution in [1.29, 1.82) is 0 Å². The molecule has 0 radical (unpaired) electrons. The number of anilines is 1. The van der Waals surface area contributed by atoms with E-state index in [9.17, 15) is 27.9 Å². The summed E-state index contributed by atoms with van der Waals surface area (Å²) in [5.41, 5.74) is 2.25. The molecule has 1 atom stereocenters. The van der Waals surface area contributed by atoms with Crippen molar-refractivity contribution in [3.05, 3.63) is 71.7 Å². The van der Waals surface area contributed by atoms with Gasteiger partial charge in [-0.15, -0.1) is 0 Å². The summed E-state index contributed by atoms with van der Waals surface area (Å²) in [7, 11) is 1.57. The number of carbonyl (C=O) groups excluding carboxylic acids is 1. The Bertz CT molecular complexity index is 1620. The fourth-order valence-corrected chi connectivity index (χ4v) is 4.83. The van der Waals surface area contributed by atoms with E-state index in [-0.39, 0.29) is 18.2 Å². The molecule has 220 valence electrons. The summed E-state index contributed by atoms with van der Waals surface area (Å²) in [5.74, 6) is -1.83. The van der Waals surface area contributed by atoms with Gasteiger partial charge in [-0.05, 0) is 47.4 Å². The molecule has 10 nitrogen and oxygen atoms in total. The number of alkyl halides is 3. The second-order valence-corrected chi connectivity index (χ2v) is 9.76. The Morgan fingerprint density at radius 3 is 2.55 bits per heavy atom. The number of ether oxygens (including phenoxy) is 1. The highest BCUT2D eigenvalue weighted by Crippen LogP contribution is 2.35. The number of hydrogen-bond donors (Lipinski definition) is 3. The Kier molecular flexibility index (Phi) is 7.87. The summed E-state index contributed by atoms with van der Waals surface area (Å²) in [6.07, 6.45) is -3.99. The molecule has 1 fully saturated rings. The maximum absolute atomic E-state index is 15.0. The van der Waals surface area contributed by atoms with E-state index in [4.69, 9.17) is 9.84 Å². The van der Waals surface area contributed by atoms with Crippen molar-refractivity contribution in [3.63, 3.8) is 0 Å². The van der Waals surface area contributed by atoms with Gasteiger partial charge in [0.25, 0.3) is 0 Å². The summed E-state index contributed by atoms with van der Waals surface area (Å²) in [4.78, 5) is 28.4. The van der Waals surface area contributed by atoms with E-state index in [0.717, 1.165) is 5.56 Å². The normalized spacial score (nSPS) is 15.2. The van der Waals surface area contributed by atoms with E-state index in [0.29, 0.717) is 53.2 Å². The van der Waals surface area contributed by atoms with Gasteiger partial charge in [0.2, 0.25) is 0 Å². The molecule has 3 N–H and O–H groups in total. The molecule has 42 heavy (non-hydrogen) atoms. The number of amides is 2. The number of rotatable bonds is 8. The van der Waals surface area contributed by atoms with Crippen molar-refractivity contribution in [2.24, 2.45) is 0 Å². The van der Waals surface area contributed by atoms with Crippen LogP contribution in [0.3, 0.4) is 0 Å². The molecule has 5 rings (SSSR count). The molecular formula is C28H26F4N6O4. The van der Waals surface area contributed by atoms with Crippen molar-refractivity contribution in [2.75, 3.05) is 25.5 Å². The SMILES string of the molecule is COc1ccc(Cn2nc(N[C@@H]3CCN(C(=O)O)C3)c3c(-c4ccc(CNC(=O)C(F)(F)F)c(F)c4)ccnc32)cc1. The van der Waals surface area contributed by atoms with Gasteiger partial charge >= 0.3 is 18.2 Å². The molecule has 1 aliphatic heterocycles. The van der Waals surface area contributed by atoms with E-state index in [1.165, 1.54) is 17.0 Å². The number of nitrogens with zero attached hydrogens (tertiary/aromatic N) is 4. The van der Waals surface area contributed by atoms with Gasteiger partial charge in [0.1, 0.15) is 11.6 Å². The van der Waals surface area contributed by atoms with Crippen molar-refractivity contribution in [1.82, 2.24) is 25.0 Å². The number of methoxy groups -OCH3 is 1. The quantitative estimate of drug-likeness (QED) is 0.257. The van der Waals surface area contributed by atoms with Gasteiger partial charge in [-0.1, -0.05) is 24.3 Å². The average molecular weight is 587 g/mol. The monoisotopic (exact) mass is 586 g/mol. The largest absolute Gasteiger partial charge is 0.497 e. The van der Waals surface area contributed by atoms with Crippen LogP contribution in [0.2, 0.25) is 0 Å². The first-order valence-electron chi connectivity index (χ1n) is 12.9. The van der Waals surface area contributed by atoms with Crippen LogP contribution in [0.4, 0.5) is 28.2 Å². The molecule has 3 heterocycles. The number of hydrogen-bond acceptors (Lipinski definition) is 6. The maximum Gasteiger partial charge on any atom is 0.471 e. The summed E-state index contributed by atoms with van der Waals surface area (Å²) in [6.45, 7) is 0.326. The van der Waals surface area contributed by atoms with Gasteiger partial charge in [-0.2, -0.15) is 18.3 Å². The highest BCUT2D eigenvalue weighted by Gasteiger charge is 2.38. The number of carbonyl (C=O) groups is 2. The lowest BCUT2D eigenvalue weighted by Gasteiger charge is -2.14. The number of aromatic nitrogens is 3. The minimum Gasteiger partial charge on any atom is -0.497 e. The first-order chi connectivity index (χ1) is 20.0. The highest BCUT2D eigenvalue weighted by molar-refractivity contribution is 6.01. The third-order valence-electron chi connectivity index (χ3n) is 6.98. The summed E-state index contributed by atoms with van der Waals surface area (Å²) in [5, 5.41) is 19.7. The zero-order valence-corrected chi connectivity index (χ0v) is 22.3. The lowest BCUT2D eigenvalue weighted by atomic mass is 10.0.